The topological polar surface area (TPSA) is 63.8 Å². The number of halogens is 1. The van der Waals surface area contributed by atoms with Gasteiger partial charge in [-0.15, -0.1) is 0 Å². The minimum Gasteiger partial charge on any atom is -0.250 e. The second-order valence-corrected chi connectivity index (χ2v) is 6.90. The zero-order valence-corrected chi connectivity index (χ0v) is 16.7. The number of nitrogens with one attached hydrogen (secondary N) is 1. The van der Waals surface area contributed by atoms with Crippen molar-refractivity contribution in [1.82, 2.24) is 24.7 Å². The maximum Gasteiger partial charge on any atom is 0.216 e. The van der Waals surface area contributed by atoms with E-state index < -0.39 is 0 Å². The van der Waals surface area contributed by atoms with Crippen LogP contribution in [-0.4, -0.2) is 30.9 Å². The molecule has 2 heterocycles. The summed E-state index contributed by atoms with van der Waals surface area (Å²) in [5.41, 5.74) is 3.49. The Kier molecular flexibility index (Phi) is 5.18. The first-order valence-corrected chi connectivity index (χ1v) is 9.56. The molecule has 8 heteroatoms. The van der Waals surface area contributed by atoms with E-state index in [-0.39, 0.29) is 0 Å². The van der Waals surface area contributed by atoms with E-state index >= 15 is 0 Å². The number of aromatic nitrogens is 5. The van der Waals surface area contributed by atoms with Crippen molar-refractivity contribution in [1.29, 1.82) is 0 Å². The summed E-state index contributed by atoms with van der Waals surface area (Å²) in [5.74, 6) is 0.765. The van der Waals surface area contributed by atoms with Gasteiger partial charge in [0.05, 0.1) is 11.9 Å². The van der Waals surface area contributed by atoms with Crippen LogP contribution < -0.4 is 0 Å². The molecule has 2 aromatic carbocycles. The molecule has 0 spiro atoms. The third-order valence-corrected chi connectivity index (χ3v) is 4.71. The lowest BCUT2D eigenvalue weighted by Gasteiger charge is -2.01. The maximum absolute atomic E-state index is 6.19. The average molecular weight is 409 g/mol. The number of aromatic amines is 1. The first-order valence-electron chi connectivity index (χ1n) is 8.77. The van der Waals surface area contributed by atoms with Crippen molar-refractivity contribution in [3.05, 3.63) is 82.0 Å². The Balaban J connectivity index is 1.83. The molecule has 0 unspecified atom stereocenters. The number of nitrogens with zero attached hydrogens (tertiary/aromatic N) is 5. The standard InChI is InChI=1S/C20H17ClN6S/c1-2-18-23-24-20(28)27(18)22-12-15-13-26(17-9-4-3-5-10-17)25-19(15)14-7-6-8-16(21)11-14/h3-13H,2H2,1H3,(H,24,28)/b22-12-. The molecule has 6 nitrogen and oxygen atoms in total. The number of H-pyrrole nitrogens is 1. The van der Waals surface area contributed by atoms with Crippen molar-refractivity contribution in [2.45, 2.75) is 13.3 Å². The van der Waals surface area contributed by atoms with Gasteiger partial charge in [0.2, 0.25) is 4.77 Å². The predicted molar refractivity (Wildman–Crippen MR) is 114 cm³/mol. The Morgan fingerprint density at radius 3 is 2.75 bits per heavy atom. The minimum atomic E-state index is 0.452. The molecule has 0 saturated carbocycles. The summed E-state index contributed by atoms with van der Waals surface area (Å²) in [7, 11) is 0. The first-order chi connectivity index (χ1) is 13.7. The molecule has 0 radical (unpaired) electrons. The Labute approximate surface area is 172 Å². The molecule has 4 rings (SSSR count). The fourth-order valence-electron chi connectivity index (χ4n) is 2.85. The second-order valence-electron chi connectivity index (χ2n) is 6.08. The van der Waals surface area contributed by atoms with E-state index in [0.29, 0.717) is 9.79 Å². The lowest BCUT2D eigenvalue weighted by molar-refractivity contribution is 0.780. The lowest BCUT2D eigenvalue weighted by atomic mass is 10.1. The molecule has 140 valence electrons. The number of rotatable bonds is 5. The van der Waals surface area contributed by atoms with Crippen LogP contribution >= 0.6 is 23.8 Å². The van der Waals surface area contributed by atoms with Crippen molar-refractivity contribution in [2.75, 3.05) is 0 Å². The van der Waals surface area contributed by atoms with E-state index in [2.05, 4.69) is 15.3 Å². The second kappa shape index (κ2) is 7.92. The van der Waals surface area contributed by atoms with Gasteiger partial charge >= 0.3 is 0 Å². The summed E-state index contributed by atoms with van der Waals surface area (Å²) >= 11 is 11.5. The van der Waals surface area contributed by atoms with Crippen molar-refractivity contribution < 1.29 is 0 Å². The van der Waals surface area contributed by atoms with Gasteiger partial charge in [-0.3, -0.25) is 5.10 Å². The van der Waals surface area contributed by atoms with E-state index in [1.807, 2.05) is 72.4 Å². The van der Waals surface area contributed by atoms with Crippen LogP contribution in [0.2, 0.25) is 5.02 Å². The van der Waals surface area contributed by atoms with Crippen molar-refractivity contribution in [3.8, 4) is 16.9 Å². The Morgan fingerprint density at radius 2 is 2.00 bits per heavy atom. The fourth-order valence-corrected chi connectivity index (χ4v) is 3.24. The van der Waals surface area contributed by atoms with E-state index in [0.717, 1.165) is 34.8 Å². The van der Waals surface area contributed by atoms with E-state index in [1.165, 1.54) is 0 Å². The van der Waals surface area contributed by atoms with Crippen LogP contribution in [0, 0.1) is 4.77 Å². The monoisotopic (exact) mass is 408 g/mol. The largest absolute Gasteiger partial charge is 0.250 e. The molecular weight excluding hydrogens is 392 g/mol. The Morgan fingerprint density at radius 1 is 1.18 bits per heavy atom. The number of hydrogen-bond donors (Lipinski definition) is 1. The average Bonchev–Trinajstić information content (AvgIpc) is 3.30. The maximum atomic E-state index is 6.19. The molecule has 0 aliphatic carbocycles. The quantitative estimate of drug-likeness (QED) is 0.377. The van der Waals surface area contributed by atoms with Gasteiger partial charge in [-0.1, -0.05) is 48.9 Å². The smallest absolute Gasteiger partial charge is 0.216 e. The third-order valence-electron chi connectivity index (χ3n) is 4.21. The van der Waals surface area contributed by atoms with E-state index in [4.69, 9.17) is 28.9 Å². The summed E-state index contributed by atoms with van der Waals surface area (Å²) in [6.45, 7) is 2.00. The molecule has 0 aliphatic rings. The zero-order valence-electron chi connectivity index (χ0n) is 15.1. The van der Waals surface area contributed by atoms with Crippen LogP contribution in [0.25, 0.3) is 16.9 Å². The molecule has 0 aliphatic heterocycles. The molecule has 0 fully saturated rings. The predicted octanol–water partition coefficient (Wildman–Crippen LogP) is 4.89. The molecule has 0 saturated heterocycles. The number of benzene rings is 2. The molecule has 0 atom stereocenters. The highest BCUT2D eigenvalue weighted by Crippen LogP contribution is 2.25. The molecule has 28 heavy (non-hydrogen) atoms. The molecule has 2 aromatic heterocycles. The van der Waals surface area contributed by atoms with E-state index in [9.17, 15) is 0 Å². The highest BCUT2D eigenvalue weighted by Gasteiger charge is 2.12. The van der Waals surface area contributed by atoms with Gasteiger partial charge < -0.3 is 0 Å². The van der Waals surface area contributed by atoms with Gasteiger partial charge in [0.1, 0.15) is 5.69 Å². The van der Waals surface area contributed by atoms with Crippen molar-refractivity contribution in [3.63, 3.8) is 0 Å². The van der Waals surface area contributed by atoms with Gasteiger partial charge in [0.15, 0.2) is 5.82 Å². The van der Waals surface area contributed by atoms with Gasteiger partial charge in [-0.2, -0.15) is 20.0 Å². The summed E-state index contributed by atoms with van der Waals surface area (Å²) in [5, 5.41) is 16.9. The Hall–Kier alpha value is -3.03. The van der Waals surface area contributed by atoms with E-state index in [1.54, 1.807) is 10.9 Å². The number of hydrogen-bond acceptors (Lipinski definition) is 4. The van der Waals surface area contributed by atoms with Crippen LogP contribution in [-0.2, 0) is 6.42 Å². The van der Waals surface area contributed by atoms with Crippen molar-refractivity contribution in [2.24, 2.45) is 5.10 Å². The highest BCUT2D eigenvalue weighted by atomic mass is 35.5. The van der Waals surface area contributed by atoms with Crippen LogP contribution in [0.15, 0.2) is 65.9 Å². The normalized spacial score (nSPS) is 11.4. The lowest BCUT2D eigenvalue weighted by Crippen LogP contribution is -1.97. The molecule has 4 aromatic rings. The molecule has 1 N–H and O–H groups in total. The van der Waals surface area contributed by atoms with Gasteiger partial charge in [0, 0.05) is 28.8 Å². The van der Waals surface area contributed by atoms with Crippen LogP contribution in [0.1, 0.15) is 18.3 Å². The summed E-state index contributed by atoms with van der Waals surface area (Å²) in [4.78, 5) is 0. The summed E-state index contributed by atoms with van der Waals surface area (Å²) in [6.07, 6.45) is 4.40. The first kappa shape index (κ1) is 18.3. The highest BCUT2D eigenvalue weighted by molar-refractivity contribution is 7.71. The van der Waals surface area contributed by atoms with Gasteiger partial charge in [-0.25, -0.2) is 4.68 Å². The summed E-state index contributed by atoms with van der Waals surface area (Å²) in [6, 6.07) is 17.5. The Bertz CT molecular complexity index is 1190. The van der Waals surface area contributed by atoms with Crippen LogP contribution in [0.5, 0.6) is 0 Å². The summed E-state index contributed by atoms with van der Waals surface area (Å²) < 4.78 is 3.90. The minimum absolute atomic E-state index is 0.452. The number of aryl methyl sites for hydroxylation is 1. The zero-order chi connectivity index (χ0) is 19.5. The molecule has 0 amide bonds. The van der Waals surface area contributed by atoms with Gasteiger partial charge in [-0.05, 0) is 36.5 Å². The van der Waals surface area contributed by atoms with Crippen LogP contribution in [0.4, 0.5) is 0 Å². The number of para-hydroxylation sites is 1. The molecular formula is C20H17ClN6S. The fraction of sp³-hybridized carbons (Fsp3) is 0.100. The van der Waals surface area contributed by atoms with Crippen molar-refractivity contribution >= 4 is 30.0 Å². The molecule has 0 bridgehead atoms. The third kappa shape index (κ3) is 3.67. The SMILES string of the molecule is CCc1n[nH]c(=S)n1/N=C\c1cn(-c2ccccc2)nc1-c1cccc(Cl)c1. The van der Waals surface area contributed by atoms with Gasteiger partial charge in [0.25, 0.3) is 0 Å². The van der Waals surface area contributed by atoms with Crippen LogP contribution in [0.3, 0.4) is 0 Å².